The van der Waals surface area contributed by atoms with Crippen molar-refractivity contribution in [2.45, 2.75) is 37.1 Å². The number of carbonyl (C=O) groups excluding carboxylic acids is 1. The third-order valence-corrected chi connectivity index (χ3v) is 6.26. The number of rotatable bonds is 6. The molecule has 0 spiro atoms. The first-order valence-electron chi connectivity index (χ1n) is 9.15. The van der Waals surface area contributed by atoms with Crippen LogP contribution < -0.4 is 11.1 Å². The number of amides is 1. The van der Waals surface area contributed by atoms with Crippen molar-refractivity contribution in [2.24, 2.45) is 16.1 Å². The second kappa shape index (κ2) is 8.91. The van der Waals surface area contributed by atoms with Crippen molar-refractivity contribution in [1.82, 2.24) is 10.3 Å². The minimum Gasteiger partial charge on any atom is -0.347 e. The lowest BCUT2D eigenvalue weighted by atomic mass is 9.99. The Bertz CT molecular complexity index is 936. The Hall–Kier alpha value is -2.17. The van der Waals surface area contributed by atoms with Crippen LogP contribution in [0.5, 0.6) is 0 Å². The molecule has 3 rings (SSSR count). The second-order valence-corrected chi connectivity index (χ2v) is 8.69. The zero-order chi connectivity index (χ0) is 22.1. The summed E-state index contributed by atoms with van der Waals surface area (Å²) < 4.78 is 39.7. The number of likely N-dealkylation sites (N-methyl/N-ethyl adjacent to an activating group) is 1. The molecule has 2 heterocycles. The van der Waals surface area contributed by atoms with Crippen LogP contribution in [0.4, 0.5) is 13.2 Å². The number of carbonyl (C=O) groups is 1. The van der Waals surface area contributed by atoms with E-state index in [4.69, 9.17) is 17.3 Å². The fourth-order valence-electron chi connectivity index (χ4n) is 3.37. The van der Waals surface area contributed by atoms with Gasteiger partial charge in [0.25, 0.3) is 5.91 Å². The summed E-state index contributed by atoms with van der Waals surface area (Å²) in [6, 6.07) is 6.08. The van der Waals surface area contributed by atoms with Crippen molar-refractivity contribution in [3.05, 3.63) is 56.8 Å². The van der Waals surface area contributed by atoms with Gasteiger partial charge in [0.15, 0.2) is 5.50 Å². The van der Waals surface area contributed by atoms with Crippen LogP contribution >= 0.6 is 22.9 Å². The third-order valence-electron chi connectivity index (χ3n) is 4.87. The van der Waals surface area contributed by atoms with Crippen molar-refractivity contribution in [1.29, 1.82) is 0 Å². The van der Waals surface area contributed by atoms with E-state index in [1.165, 1.54) is 29.5 Å². The maximum atomic E-state index is 13.2. The lowest BCUT2D eigenvalue weighted by Gasteiger charge is -2.20. The van der Waals surface area contributed by atoms with Gasteiger partial charge in [-0.05, 0) is 36.6 Å². The van der Waals surface area contributed by atoms with Crippen LogP contribution in [0.1, 0.15) is 37.3 Å². The van der Waals surface area contributed by atoms with Gasteiger partial charge in [-0.2, -0.15) is 13.2 Å². The first kappa shape index (κ1) is 22.5. The van der Waals surface area contributed by atoms with E-state index in [9.17, 15) is 18.0 Å². The lowest BCUT2D eigenvalue weighted by molar-refractivity contribution is -0.138. The standard InChI is InChI=1S/C19H21ClF3N5OS/c1-10-13(16-17(20)26-27-28(16)2)8-15(30-10)18(29)25-12(9-24)7-11-5-3-4-6-14(11)19(21,22)23/h3-6,8,12,16-17H,7,9,24H2,1-2H3,(H,25,29)/t12-,16?,17?/m0/s1. The van der Waals surface area contributed by atoms with Crippen molar-refractivity contribution >= 4 is 28.8 Å². The molecule has 0 bridgehead atoms. The third kappa shape index (κ3) is 4.76. The molecule has 6 nitrogen and oxygen atoms in total. The fraction of sp³-hybridized carbons (Fsp3) is 0.421. The molecule has 30 heavy (non-hydrogen) atoms. The van der Waals surface area contributed by atoms with Gasteiger partial charge in [0, 0.05) is 24.5 Å². The highest BCUT2D eigenvalue weighted by atomic mass is 35.5. The molecule has 2 aromatic rings. The number of hydrogen-bond acceptors (Lipinski definition) is 6. The first-order valence-corrected chi connectivity index (χ1v) is 10.4. The summed E-state index contributed by atoms with van der Waals surface area (Å²) in [5.41, 5.74) is 5.38. The Kier molecular flexibility index (Phi) is 6.68. The number of nitrogens with one attached hydrogen (secondary N) is 1. The van der Waals surface area contributed by atoms with Crippen molar-refractivity contribution in [3.8, 4) is 0 Å². The first-order chi connectivity index (χ1) is 14.1. The highest BCUT2D eigenvalue weighted by Gasteiger charge is 2.34. The molecule has 1 aromatic carbocycles. The zero-order valence-electron chi connectivity index (χ0n) is 16.3. The lowest BCUT2D eigenvalue weighted by Crippen LogP contribution is -2.41. The number of aryl methyl sites for hydroxylation is 1. The quantitative estimate of drug-likeness (QED) is 0.499. The van der Waals surface area contributed by atoms with Gasteiger partial charge in [0.2, 0.25) is 0 Å². The number of nitrogens with two attached hydrogens (primary N) is 1. The maximum Gasteiger partial charge on any atom is 0.416 e. The van der Waals surface area contributed by atoms with E-state index in [1.807, 2.05) is 6.92 Å². The Labute approximate surface area is 180 Å². The topological polar surface area (TPSA) is 83.1 Å². The number of alkyl halides is 4. The van der Waals surface area contributed by atoms with Crippen molar-refractivity contribution in [2.75, 3.05) is 13.6 Å². The summed E-state index contributed by atoms with van der Waals surface area (Å²) in [7, 11) is 1.75. The highest BCUT2D eigenvalue weighted by molar-refractivity contribution is 7.14. The molecule has 1 aliphatic heterocycles. The van der Waals surface area contributed by atoms with Gasteiger partial charge in [-0.3, -0.25) is 9.80 Å². The molecule has 11 heteroatoms. The summed E-state index contributed by atoms with van der Waals surface area (Å²) >= 11 is 7.49. The number of hydrogen-bond donors (Lipinski definition) is 2. The Morgan fingerprint density at radius 2 is 2.10 bits per heavy atom. The molecule has 2 unspecified atom stereocenters. The molecule has 1 aliphatic rings. The van der Waals surface area contributed by atoms with E-state index in [0.29, 0.717) is 4.88 Å². The molecule has 0 saturated heterocycles. The minimum absolute atomic E-state index is 0.00201. The Balaban J connectivity index is 1.75. The van der Waals surface area contributed by atoms with Gasteiger partial charge >= 0.3 is 6.18 Å². The number of benzene rings is 1. The second-order valence-electron chi connectivity index (χ2n) is 6.98. The maximum absolute atomic E-state index is 13.2. The summed E-state index contributed by atoms with van der Waals surface area (Å²) in [4.78, 5) is 14.1. The summed E-state index contributed by atoms with van der Waals surface area (Å²) in [5, 5.41) is 12.2. The van der Waals surface area contributed by atoms with Gasteiger partial charge in [-0.25, -0.2) is 0 Å². The molecule has 1 amide bonds. The van der Waals surface area contributed by atoms with E-state index in [1.54, 1.807) is 18.1 Å². The minimum atomic E-state index is -4.47. The van der Waals surface area contributed by atoms with E-state index in [0.717, 1.165) is 16.5 Å². The molecule has 0 aliphatic carbocycles. The van der Waals surface area contributed by atoms with E-state index >= 15 is 0 Å². The van der Waals surface area contributed by atoms with E-state index < -0.39 is 29.2 Å². The van der Waals surface area contributed by atoms with Gasteiger partial charge in [0.05, 0.1) is 10.4 Å². The molecular weight excluding hydrogens is 439 g/mol. The average molecular weight is 460 g/mol. The van der Waals surface area contributed by atoms with Crippen LogP contribution in [-0.4, -0.2) is 36.1 Å². The summed E-state index contributed by atoms with van der Waals surface area (Å²) in [5.74, 6) is -0.394. The summed E-state index contributed by atoms with van der Waals surface area (Å²) in [6.45, 7) is 1.87. The Morgan fingerprint density at radius 3 is 2.70 bits per heavy atom. The number of nitrogens with zero attached hydrogens (tertiary/aromatic N) is 3. The molecule has 0 fully saturated rings. The number of halogens is 4. The predicted octanol–water partition coefficient (Wildman–Crippen LogP) is 4.29. The summed E-state index contributed by atoms with van der Waals surface area (Å²) in [6.07, 6.45) is -4.50. The molecule has 162 valence electrons. The number of thiophene rings is 1. The molecule has 3 atom stereocenters. The SMILES string of the molecule is Cc1sc(C(=O)N[C@H](CN)Cc2ccccc2C(F)(F)F)cc1C1C(Cl)N=NN1C. The van der Waals surface area contributed by atoms with Gasteiger partial charge in [-0.1, -0.05) is 35.0 Å². The van der Waals surface area contributed by atoms with Crippen LogP contribution in [0.2, 0.25) is 0 Å². The molecule has 3 N–H and O–H groups in total. The smallest absolute Gasteiger partial charge is 0.347 e. The molecule has 0 radical (unpaired) electrons. The average Bonchev–Trinajstić information content (AvgIpc) is 3.22. The van der Waals surface area contributed by atoms with E-state index in [-0.39, 0.29) is 24.6 Å². The van der Waals surface area contributed by atoms with Gasteiger partial charge in [0.1, 0.15) is 6.04 Å². The molecular formula is C19H21ClF3N5OS. The van der Waals surface area contributed by atoms with Gasteiger partial charge < -0.3 is 11.1 Å². The van der Waals surface area contributed by atoms with E-state index in [2.05, 4.69) is 15.7 Å². The van der Waals surface area contributed by atoms with Crippen LogP contribution in [0.25, 0.3) is 0 Å². The predicted molar refractivity (Wildman–Crippen MR) is 110 cm³/mol. The fourth-order valence-corrected chi connectivity index (χ4v) is 4.67. The monoisotopic (exact) mass is 459 g/mol. The Morgan fingerprint density at radius 1 is 1.40 bits per heavy atom. The van der Waals surface area contributed by atoms with Crippen LogP contribution in [0, 0.1) is 6.92 Å². The van der Waals surface area contributed by atoms with Crippen LogP contribution in [0.15, 0.2) is 40.7 Å². The highest BCUT2D eigenvalue weighted by Crippen LogP contribution is 2.38. The van der Waals surface area contributed by atoms with Crippen molar-refractivity contribution < 1.29 is 18.0 Å². The zero-order valence-corrected chi connectivity index (χ0v) is 17.9. The van der Waals surface area contributed by atoms with Crippen molar-refractivity contribution in [3.63, 3.8) is 0 Å². The molecule has 0 saturated carbocycles. The van der Waals surface area contributed by atoms with Gasteiger partial charge in [-0.15, -0.1) is 16.5 Å². The largest absolute Gasteiger partial charge is 0.416 e. The molecule has 1 aromatic heterocycles. The van der Waals surface area contributed by atoms with Crippen LogP contribution in [-0.2, 0) is 12.6 Å². The van der Waals surface area contributed by atoms with Crippen LogP contribution in [0.3, 0.4) is 0 Å². The normalized spacial score (nSPS) is 19.9.